The molecule has 3 heterocycles. The van der Waals surface area contributed by atoms with Gasteiger partial charge in [-0.1, -0.05) is 13.8 Å². The SMILES string of the molecule is Cc1sc2ncn(CC(=O)Nc3ccc(F)cc3)c(=O)c2c1S(=O)(=O)N1CC(C)CC(C)C1. The first kappa shape index (κ1) is 23.5. The van der Waals surface area contributed by atoms with Crippen LogP contribution in [0.2, 0.25) is 0 Å². The predicted octanol–water partition coefficient (Wildman–Crippen LogP) is 3.21. The molecule has 3 aromatic rings. The first-order chi connectivity index (χ1) is 15.6. The number of halogens is 1. The molecule has 1 fully saturated rings. The monoisotopic (exact) mass is 492 g/mol. The number of nitrogens with one attached hydrogen (secondary N) is 1. The van der Waals surface area contributed by atoms with Crippen LogP contribution in [0.3, 0.4) is 0 Å². The number of carbonyl (C=O) groups excluding carboxylic acids is 1. The summed E-state index contributed by atoms with van der Waals surface area (Å²) in [7, 11) is -3.91. The number of rotatable bonds is 5. The molecule has 1 aromatic carbocycles. The van der Waals surface area contributed by atoms with Crippen molar-refractivity contribution in [3.05, 3.63) is 51.6 Å². The normalized spacial score (nSPS) is 19.6. The molecule has 2 aromatic heterocycles. The summed E-state index contributed by atoms with van der Waals surface area (Å²) in [5, 5.41) is 2.60. The minimum absolute atomic E-state index is 0.0143. The fourth-order valence-electron chi connectivity index (χ4n) is 4.36. The van der Waals surface area contributed by atoms with Gasteiger partial charge in [-0.25, -0.2) is 17.8 Å². The quantitative estimate of drug-likeness (QED) is 0.589. The van der Waals surface area contributed by atoms with E-state index in [1.54, 1.807) is 6.92 Å². The van der Waals surface area contributed by atoms with Crippen LogP contribution in [0.15, 0.2) is 40.3 Å². The number of hydrogen-bond donors (Lipinski definition) is 1. The number of thiophene rings is 1. The summed E-state index contributed by atoms with van der Waals surface area (Å²) in [5.41, 5.74) is -0.207. The lowest BCUT2D eigenvalue weighted by Gasteiger charge is -2.34. The molecule has 11 heteroatoms. The van der Waals surface area contributed by atoms with Crippen LogP contribution in [0.4, 0.5) is 10.1 Å². The molecule has 1 aliphatic heterocycles. The fraction of sp³-hybridized carbons (Fsp3) is 0.409. The molecule has 0 radical (unpaired) electrons. The van der Waals surface area contributed by atoms with Gasteiger partial charge in [-0.3, -0.25) is 14.2 Å². The Kier molecular flexibility index (Phi) is 6.39. The Morgan fingerprint density at radius 3 is 2.48 bits per heavy atom. The van der Waals surface area contributed by atoms with Crippen LogP contribution in [0.5, 0.6) is 0 Å². The third kappa shape index (κ3) is 4.71. The third-order valence-corrected chi connectivity index (χ3v) is 8.82. The van der Waals surface area contributed by atoms with Crippen molar-refractivity contribution in [2.24, 2.45) is 11.8 Å². The lowest BCUT2D eigenvalue weighted by atomic mass is 9.94. The molecule has 2 unspecified atom stereocenters. The van der Waals surface area contributed by atoms with Gasteiger partial charge < -0.3 is 5.32 Å². The number of benzene rings is 1. The number of aryl methyl sites for hydroxylation is 1. The topological polar surface area (TPSA) is 101 Å². The Morgan fingerprint density at radius 1 is 1.21 bits per heavy atom. The predicted molar refractivity (Wildman–Crippen MR) is 125 cm³/mol. The minimum Gasteiger partial charge on any atom is -0.325 e. The van der Waals surface area contributed by atoms with Crippen LogP contribution >= 0.6 is 11.3 Å². The Labute approximate surface area is 195 Å². The van der Waals surface area contributed by atoms with Gasteiger partial charge in [0.15, 0.2) is 0 Å². The summed E-state index contributed by atoms with van der Waals surface area (Å²) in [6.07, 6.45) is 2.19. The molecule has 33 heavy (non-hydrogen) atoms. The minimum atomic E-state index is -3.91. The number of carbonyl (C=O) groups is 1. The molecule has 2 atom stereocenters. The van der Waals surface area contributed by atoms with Crippen molar-refractivity contribution < 1.29 is 17.6 Å². The number of anilines is 1. The van der Waals surface area contributed by atoms with Crippen LogP contribution in [-0.2, 0) is 21.4 Å². The number of amides is 1. The fourth-order valence-corrected chi connectivity index (χ4v) is 7.70. The molecule has 4 rings (SSSR count). The average molecular weight is 493 g/mol. The molecule has 1 aliphatic rings. The lowest BCUT2D eigenvalue weighted by molar-refractivity contribution is -0.116. The number of sulfonamides is 1. The second kappa shape index (κ2) is 8.96. The van der Waals surface area contributed by atoms with Gasteiger partial charge in [0.2, 0.25) is 15.9 Å². The maximum atomic E-state index is 13.6. The summed E-state index contributed by atoms with van der Waals surface area (Å²) in [4.78, 5) is 30.8. The highest BCUT2D eigenvalue weighted by Crippen LogP contribution is 2.35. The Hall–Kier alpha value is -2.63. The number of piperidine rings is 1. The summed E-state index contributed by atoms with van der Waals surface area (Å²) in [6, 6.07) is 5.24. The first-order valence-corrected chi connectivity index (χ1v) is 12.9. The van der Waals surface area contributed by atoms with Gasteiger partial charge in [-0.05, 0) is 49.4 Å². The number of aromatic nitrogens is 2. The Bertz CT molecular complexity index is 1360. The molecule has 176 valence electrons. The smallest absolute Gasteiger partial charge is 0.263 e. The Balaban J connectivity index is 1.69. The summed E-state index contributed by atoms with van der Waals surface area (Å²) >= 11 is 1.15. The first-order valence-electron chi connectivity index (χ1n) is 10.6. The van der Waals surface area contributed by atoms with E-state index in [4.69, 9.17) is 0 Å². The summed E-state index contributed by atoms with van der Waals surface area (Å²) in [5.74, 6) is -0.504. The summed E-state index contributed by atoms with van der Waals surface area (Å²) in [6.45, 7) is 6.15. The van der Waals surface area contributed by atoms with Gasteiger partial charge in [0.05, 0.1) is 11.7 Å². The van der Waals surface area contributed by atoms with E-state index in [0.29, 0.717) is 28.5 Å². The maximum Gasteiger partial charge on any atom is 0.263 e. The zero-order valence-corrected chi connectivity index (χ0v) is 20.2. The zero-order chi connectivity index (χ0) is 23.9. The standard InChI is InChI=1S/C22H25FN4O4S2/c1-13-8-14(2)10-27(9-13)33(30,31)20-15(3)32-21-19(20)22(29)26(12-24-21)11-18(28)25-17-6-4-16(23)5-7-17/h4-7,12-14H,8-11H2,1-3H3,(H,25,28). The molecular weight excluding hydrogens is 467 g/mol. The van der Waals surface area contributed by atoms with Crippen LogP contribution < -0.4 is 10.9 Å². The van der Waals surface area contributed by atoms with E-state index in [-0.39, 0.29) is 28.7 Å². The van der Waals surface area contributed by atoms with Crippen molar-refractivity contribution in [1.82, 2.24) is 13.9 Å². The van der Waals surface area contributed by atoms with Crippen molar-refractivity contribution in [2.45, 2.75) is 38.6 Å². The second-order valence-electron chi connectivity index (χ2n) is 8.67. The molecule has 0 spiro atoms. The molecule has 1 saturated heterocycles. The molecule has 0 bridgehead atoms. The van der Waals surface area contributed by atoms with Crippen molar-refractivity contribution in [2.75, 3.05) is 18.4 Å². The van der Waals surface area contributed by atoms with Gasteiger partial charge in [0.25, 0.3) is 5.56 Å². The van der Waals surface area contributed by atoms with Crippen LogP contribution in [-0.4, -0.2) is 41.3 Å². The Morgan fingerprint density at radius 2 is 1.85 bits per heavy atom. The number of fused-ring (bicyclic) bond motifs is 1. The van der Waals surface area contributed by atoms with Crippen LogP contribution in [0, 0.1) is 24.6 Å². The van der Waals surface area contributed by atoms with Crippen molar-refractivity contribution in [3.8, 4) is 0 Å². The average Bonchev–Trinajstić information content (AvgIpc) is 3.08. The molecule has 1 amide bonds. The van der Waals surface area contributed by atoms with Crippen LogP contribution in [0.25, 0.3) is 10.2 Å². The van der Waals surface area contributed by atoms with Gasteiger partial charge >= 0.3 is 0 Å². The highest BCUT2D eigenvalue weighted by molar-refractivity contribution is 7.89. The van der Waals surface area contributed by atoms with E-state index in [1.807, 2.05) is 13.8 Å². The number of hydrogen-bond acceptors (Lipinski definition) is 6. The van der Waals surface area contributed by atoms with Gasteiger partial charge in [-0.2, -0.15) is 4.31 Å². The zero-order valence-electron chi connectivity index (χ0n) is 18.5. The van der Waals surface area contributed by atoms with Crippen molar-refractivity contribution in [3.63, 3.8) is 0 Å². The summed E-state index contributed by atoms with van der Waals surface area (Å²) < 4.78 is 42.8. The van der Waals surface area contributed by atoms with E-state index in [1.165, 1.54) is 34.9 Å². The van der Waals surface area contributed by atoms with E-state index < -0.39 is 27.3 Å². The van der Waals surface area contributed by atoms with E-state index >= 15 is 0 Å². The highest BCUT2D eigenvalue weighted by atomic mass is 32.2. The third-order valence-electron chi connectivity index (χ3n) is 5.67. The largest absolute Gasteiger partial charge is 0.325 e. The van der Waals surface area contributed by atoms with E-state index in [0.717, 1.165) is 22.3 Å². The van der Waals surface area contributed by atoms with Crippen molar-refractivity contribution >= 4 is 43.2 Å². The molecule has 0 saturated carbocycles. The molecule has 0 aliphatic carbocycles. The van der Waals surface area contributed by atoms with Gasteiger partial charge in [0, 0.05) is 23.7 Å². The maximum absolute atomic E-state index is 13.6. The van der Waals surface area contributed by atoms with Gasteiger partial charge in [0.1, 0.15) is 22.1 Å². The van der Waals surface area contributed by atoms with Crippen LogP contribution in [0.1, 0.15) is 25.1 Å². The molecule has 1 N–H and O–H groups in total. The van der Waals surface area contributed by atoms with E-state index in [9.17, 15) is 22.4 Å². The van der Waals surface area contributed by atoms with Gasteiger partial charge in [-0.15, -0.1) is 11.3 Å². The molecular formula is C22H25FN4O4S2. The van der Waals surface area contributed by atoms with Crippen molar-refractivity contribution in [1.29, 1.82) is 0 Å². The lowest BCUT2D eigenvalue weighted by Crippen LogP contribution is -2.42. The second-order valence-corrected chi connectivity index (χ2v) is 11.7. The van der Waals surface area contributed by atoms with E-state index in [2.05, 4.69) is 10.3 Å². The highest BCUT2D eigenvalue weighted by Gasteiger charge is 2.35. The number of nitrogens with zero attached hydrogens (tertiary/aromatic N) is 3. The molecule has 8 nitrogen and oxygen atoms in total.